The van der Waals surface area contributed by atoms with Crippen molar-refractivity contribution >= 4 is 10.8 Å². The minimum absolute atomic E-state index is 0.328. The van der Waals surface area contributed by atoms with E-state index in [0.717, 1.165) is 62.3 Å². The Bertz CT molecular complexity index is 2820. The fraction of sp³-hybridized carbons (Fsp3) is 0.185. The molecule has 12 rings (SSSR count). The van der Waals surface area contributed by atoms with Crippen molar-refractivity contribution in [2.45, 2.75) is 43.9 Å². The first-order chi connectivity index (χ1) is 28.5. The van der Waals surface area contributed by atoms with E-state index >= 15 is 0 Å². The van der Waals surface area contributed by atoms with Gasteiger partial charge in [0, 0.05) is 16.7 Å². The zero-order valence-corrected chi connectivity index (χ0v) is 32.4. The predicted octanol–water partition coefficient (Wildman–Crippen LogP) is 13.4. The highest BCUT2D eigenvalue weighted by atomic mass is 15.0. The third-order valence-electron chi connectivity index (χ3n) is 13.3. The normalized spacial score (nSPS) is 20.6. The van der Waals surface area contributed by atoms with Crippen LogP contribution in [-0.2, 0) is 5.41 Å². The van der Waals surface area contributed by atoms with Crippen LogP contribution in [0.4, 0.5) is 0 Å². The number of hydrogen-bond acceptors (Lipinski definition) is 4. The molecule has 0 spiro atoms. The van der Waals surface area contributed by atoms with Crippen LogP contribution in [0.15, 0.2) is 164 Å². The summed E-state index contributed by atoms with van der Waals surface area (Å²) in [5.41, 5.74) is 11.8. The Labute approximate surface area is 340 Å². The molecule has 0 radical (unpaired) electrons. The monoisotopic (exact) mass is 746 g/mol. The lowest BCUT2D eigenvalue weighted by atomic mass is 9.48. The average Bonchev–Trinajstić information content (AvgIpc) is 3.28. The Morgan fingerprint density at radius 2 is 0.845 bits per heavy atom. The first-order valence-electron chi connectivity index (χ1n) is 20.7. The second kappa shape index (κ2) is 14.0. The Kier molecular flexibility index (Phi) is 8.36. The summed E-state index contributed by atoms with van der Waals surface area (Å²) in [7, 11) is 0. The molecule has 4 bridgehead atoms. The second-order valence-electron chi connectivity index (χ2n) is 17.1. The van der Waals surface area contributed by atoms with Gasteiger partial charge in [0.15, 0.2) is 17.5 Å². The molecule has 0 atom stereocenters. The van der Waals surface area contributed by atoms with Crippen molar-refractivity contribution in [3.63, 3.8) is 0 Å². The Morgan fingerprint density at radius 1 is 0.397 bits per heavy atom. The Hall–Kier alpha value is -6.70. The molecule has 0 aliphatic heterocycles. The van der Waals surface area contributed by atoms with Crippen molar-refractivity contribution < 1.29 is 0 Å². The van der Waals surface area contributed by atoms with E-state index in [1.807, 2.05) is 30.3 Å². The van der Waals surface area contributed by atoms with Crippen molar-refractivity contribution in [1.29, 1.82) is 5.26 Å². The molecule has 4 heteroatoms. The molecular formula is C54H42N4. The van der Waals surface area contributed by atoms with Crippen LogP contribution in [0.5, 0.6) is 0 Å². The van der Waals surface area contributed by atoms with Gasteiger partial charge in [-0.1, -0.05) is 127 Å². The van der Waals surface area contributed by atoms with E-state index in [0.29, 0.717) is 28.5 Å². The summed E-state index contributed by atoms with van der Waals surface area (Å²) in [5, 5.41) is 11.9. The van der Waals surface area contributed by atoms with Crippen LogP contribution in [0, 0.1) is 29.1 Å². The van der Waals surface area contributed by atoms with Gasteiger partial charge < -0.3 is 0 Å². The van der Waals surface area contributed by atoms with Gasteiger partial charge in [-0.15, -0.1) is 0 Å². The van der Waals surface area contributed by atoms with E-state index in [9.17, 15) is 5.26 Å². The van der Waals surface area contributed by atoms with Crippen molar-refractivity contribution in [1.82, 2.24) is 15.0 Å². The quantitative estimate of drug-likeness (QED) is 0.163. The highest BCUT2D eigenvalue weighted by Gasteiger charge is 2.51. The highest BCUT2D eigenvalue weighted by Crippen LogP contribution is 2.60. The van der Waals surface area contributed by atoms with Gasteiger partial charge in [-0.25, -0.2) is 15.0 Å². The lowest BCUT2D eigenvalue weighted by Gasteiger charge is -2.57. The fourth-order valence-electron chi connectivity index (χ4n) is 10.8. The standard InChI is InChI=1S/C54H42N4/c55-34-35-10-12-42(13-11-35)47-28-48(46-19-16-40-8-4-5-9-45(40)27-46)30-49(29-47)53-57-51(43-17-14-41(15-18-43)39-6-2-1-3-7-39)56-52(58-53)44-20-22-50(23-21-44)54-31-36-24-37(32-54)26-38(25-36)33-54/h1-23,27-30,36-38H,24-26,31-33H2. The molecule has 4 aliphatic carbocycles. The first kappa shape index (κ1) is 34.5. The summed E-state index contributed by atoms with van der Waals surface area (Å²) < 4.78 is 0. The summed E-state index contributed by atoms with van der Waals surface area (Å²) in [4.78, 5) is 15.7. The summed E-state index contributed by atoms with van der Waals surface area (Å²) in [6, 6.07) is 60.0. The number of rotatable bonds is 7. The third kappa shape index (κ3) is 6.38. The van der Waals surface area contributed by atoms with Crippen LogP contribution >= 0.6 is 0 Å². The maximum atomic E-state index is 9.54. The molecule has 278 valence electrons. The van der Waals surface area contributed by atoms with Crippen LogP contribution in [-0.4, -0.2) is 15.0 Å². The van der Waals surface area contributed by atoms with Crippen LogP contribution in [0.3, 0.4) is 0 Å². The molecule has 0 saturated heterocycles. The van der Waals surface area contributed by atoms with Crippen molar-refractivity contribution in [2.24, 2.45) is 17.8 Å². The minimum atomic E-state index is 0.328. The summed E-state index contributed by atoms with van der Waals surface area (Å²) in [5.74, 6) is 4.61. The molecule has 58 heavy (non-hydrogen) atoms. The van der Waals surface area contributed by atoms with E-state index in [-0.39, 0.29) is 0 Å². The number of nitrogens with zero attached hydrogens (tertiary/aromatic N) is 4. The lowest BCUT2D eigenvalue weighted by Crippen LogP contribution is -2.48. The van der Waals surface area contributed by atoms with E-state index in [4.69, 9.17) is 15.0 Å². The zero-order chi connectivity index (χ0) is 38.6. The lowest BCUT2D eigenvalue weighted by molar-refractivity contribution is -0.00518. The van der Waals surface area contributed by atoms with Gasteiger partial charge in [-0.05, 0) is 148 Å². The fourth-order valence-corrected chi connectivity index (χ4v) is 10.8. The topological polar surface area (TPSA) is 62.5 Å². The average molecular weight is 747 g/mol. The predicted molar refractivity (Wildman–Crippen MR) is 235 cm³/mol. The second-order valence-corrected chi connectivity index (χ2v) is 17.1. The summed E-state index contributed by atoms with van der Waals surface area (Å²) >= 11 is 0. The van der Waals surface area contributed by atoms with Crippen molar-refractivity contribution in [3.05, 3.63) is 175 Å². The first-order valence-corrected chi connectivity index (χ1v) is 20.7. The van der Waals surface area contributed by atoms with Gasteiger partial charge in [0.25, 0.3) is 0 Å². The SMILES string of the molecule is N#Cc1ccc(-c2cc(-c3ccc4ccccc4c3)cc(-c3nc(-c4ccc(-c5ccccc5)cc4)nc(-c4ccc(C56CC7CC(CC(C7)C5)C6)cc4)n3)c2)cc1. The van der Waals surface area contributed by atoms with E-state index < -0.39 is 0 Å². The van der Waals surface area contributed by atoms with Gasteiger partial charge >= 0.3 is 0 Å². The van der Waals surface area contributed by atoms with Gasteiger partial charge in [-0.2, -0.15) is 5.26 Å². The van der Waals surface area contributed by atoms with Gasteiger partial charge in [-0.3, -0.25) is 0 Å². The number of benzene rings is 7. The van der Waals surface area contributed by atoms with E-state index in [1.165, 1.54) is 60.4 Å². The van der Waals surface area contributed by atoms with Gasteiger partial charge in [0.1, 0.15) is 0 Å². The van der Waals surface area contributed by atoms with Crippen LogP contribution in [0.1, 0.15) is 49.7 Å². The largest absolute Gasteiger partial charge is 0.208 e. The maximum Gasteiger partial charge on any atom is 0.164 e. The number of fused-ring (bicyclic) bond motifs is 1. The third-order valence-corrected chi connectivity index (χ3v) is 13.3. The van der Waals surface area contributed by atoms with Crippen molar-refractivity contribution in [3.8, 4) is 73.6 Å². The molecule has 4 nitrogen and oxygen atoms in total. The Morgan fingerprint density at radius 3 is 1.47 bits per heavy atom. The molecule has 4 aliphatic rings. The van der Waals surface area contributed by atoms with Gasteiger partial charge in [0.05, 0.1) is 11.6 Å². The maximum absolute atomic E-state index is 9.54. The molecule has 0 amide bonds. The van der Waals surface area contributed by atoms with Crippen LogP contribution < -0.4 is 0 Å². The van der Waals surface area contributed by atoms with E-state index in [2.05, 4.69) is 140 Å². The molecule has 1 aromatic heterocycles. The molecular weight excluding hydrogens is 705 g/mol. The van der Waals surface area contributed by atoms with E-state index in [1.54, 1.807) is 0 Å². The molecule has 0 unspecified atom stereocenters. The van der Waals surface area contributed by atoms with Crippen molar-refractivity contribution in [2.75, 3.05) is 0 Å². The number of nitriles is 1. The molecule has 7 aromatic carbocycles. The molecule has 0 N–H and O–H groups in total. The highest BCUT2D eigenvalue weighted by molar-refractivity contribution is 5.89. The Balaban J connectivity index is 1.05. The minimum Gasteiger partial charge on any atom is -0.208 e. The molecule has 1 heterocycles. The zero-order valence-electron chi connectivity index (χ0n) is 32.4. The molecule has 4 fully saturated rings. The van der Waals surface area contributed by atoms with Crippen LogP contribution in [0.2, 0.25) is 0 Å². The smallest absolute Gasteiger partial charge is 0.164 e. The molecule has 4 saturated carbocycles. The van der Waals surface area contributed by atoms with Crippen LogP contribution in [0.25, 0.3) is 78.3 Å². The molecule has 8 aromatic rings. The summed E-state index contributed by atoms with van der Waals surface area (Å²) in [6.45, 7) is 0. The summed E-state index contributed by atoms with van der Waals surface area (Å²) in [6.07, 6.45) is 8.34. The van der Waals surface area contributed by atoms with Gasteiger partial charge in [0.2, 0.25) is 0 Å². The number of hydrogen-bond donors (Lipinski definition) is 0. The number of aromatic nitrogens is 3.